The molecule has 0 fully saturated rings. The SMILES string of the molecule is CN(Cc1cccc(CN)c1)C(=O)CC(F)(F)F. The number of hydrogen-bond donors (Lipinski definition) is 1. The number of nitrogens with zero attached hydrogens (tertiary/aromatic N) is 1. The molecule has 0 saturated heterocycles. The smallest absolute Gasteiger partial charge is 0.341 e. The maximum atomic E-state index is 12.1. The molecule has 1 aromatic carbocycles. The van der Waals surface area contributed by atoms with Gasteiger partial charge in [0.15, 0.2) is 0 Å². The van der Waals surface area contributed by atoms with Gasteiger partial charge in [-0.3, -0.25) is 4.79 Å². The lowest BCUT2D eigenvalue weighted by Gasteiger charge is -2.18. The minimum absolute atomic E-state index is 0.142. The van der Waals surface area contributed by atoms with E-state index in [1.807, 2.05) is 6.07 Å². The predicted octanol–water partition coefficient (Wildman–Crippen LogP) is 2.06. The van der Waals surface area contributed by atoms with Crippen LogP contribution >= 0.6 is 0 Å². The molecule has 2 N–H and O–H groups in total. The van der Waals surface area contributed by atoms with E-state index in [-0.39, 0.29) is 6.54 Å². The molecule has 1 amide bonds. The number of amides is 1. The van der Waals surface area contributed by atoms with Crippen LogP contribution in [0.2, 0.25) is 0 Å². The van der Waals surface area contributed by atoms with E-state index >= 15 is 0 Å². The van der Waals surface area contributed by atoms with Crippen LogP contribution in [0.5, 0.6) is 0 Å². The van der Waals surface area contributed by atoms with E-state index in [9.17, 15) is 18.0 Å². The fourth-order valence-corrected chi connectivity index (χ4v) is 1.52. The van der Waals surface area contributed by atoms with Gasteiger partial charge in [0.1, 0.15) is 6.42 Å². The Labute approximate surface area is 103 Å². The minimum atomic E-state index is -4.47. The Balaban J connectivity index is 2.63. The standard InChI is InChI=1S/C12H15F3N2O/c1-17(11(18)6-12(13,14)15)8-10-4-2-3-9(5-10)7-16/h2-5H,6-8,16H2,1H3. The zero-order valence-corrected chi connectivity index (χ0v) is 10.00. The van der Waals surface area contributed by atoms with Crippen molar-refractivity contribution in [1.29, 1.82) is 0 Å². The number of benzene rings is 1. The summed E-state index contributed by atoms with van der Waals surface area (Å²) in [7, 11) is 1.35. The van der Waals surface area contributed by atoms with E-state index in [0.29, 0.717) is 6.54 Å². The van der Waals surface area contributed by atoms with Gasteiger partial charge in [-0.2, -0.15) is 13.2 Å². The quantitative estimate of drug-likeness (QED) is 0.900. The number of rotatable bonds is 4. The Hall–Kier alpha value is -1.56. The molecule has 0 aliphatic rings. The highest BCUT2D eigenvalue weighted by Gasteiger charge is 2.32. The number of carbonyl (C=O) groups is 1. The monoisotopic (exact) mass is 260 g/mol. The summed E-state index contributed by atoms with van der Waals surface area (Å²) in [5.74, 6) is -0.944. The molecule has 0 saturated carbocycles. The molecule has 18 heavy (non-hydrogen) atoms. The van der Waals surface area contributed by atoms with Gasteiger partial charge in [-0.1, -0.05) is 24.3 Å². The van der Waals surface area contributed by atoms with Gasteiger partial charge in [-0.25, -0.2) is 0 Å². The lowest BCUT2D eigenvalue weighted by atomic mass is 10.1. The fourth-order valence-electron chi connectivity index (χ4n) is 1.52. The zero-order valence-electron chi connectivity index (χ0n) is 10.00. The third-order valence-corrected chi connectivity index (χ3v) is 2.42. The number of alkyl halides is 3. The van der Waals surface area contributed by atoms with Crippen LogP contribution in [-0.4, -0.2) is 24.0 Å². The van der Waals surface area contributed by atoms with Crippen LogP contribution in [0.4, 0.5) is 13.2 Å². The average Bonchev–Trinajstić information content (AvgIpc) is 2.27. The third-order valence-electron chi connectivity index (χ3n) is 2.42. The molecular weight excluding hydrogens is 245 g/mol. The van der Waals surface area contributed by atoms with Crippen LogP contribution in [0, 0.1) is 0 Å². The van der Waals surface area contributed by atoms with Gasteiger partial charge < -0.3 is 10.6 Å². The van der Waals surface area contributed by atoms with Crippen molar-refractivity contribution in [2.24, 2.45) is 5.73 Å². The number of nitrogens with two attached hydrogens (primary N) is 1. The van der Waals surface area contributed by atoms with E-state index in [2.05, 4.69) is 0 Å². The molecule has 0 aromatic heterocycles. The highest BCUT2D eigenvalue weighted by atomic mass is 19.4. The molecule has 0 bridgehead atoms. The summed E-state index contributed by atoms with van der Waals surface area (Å²) >= 11 is 0. The van der Waals surface area contributed by atoms with Gasteiger partial charge in [-0.15, -0.1) is 0 Å². The molecule has 6 heteroatoms. The molecular formula is C12H15F3N2O. The van der Waals surface area contributed by atoms with Gasteiger partial charge in [0, 0.05) is 20.1 Å². The van der Waals surface area contributed by atoms with Crippen LogP contribution < -0.4 is 5.73 Å². The van der Waals surface area contributed by atoms with E-state index < -0.39 is 18.5 Å². The molecule has 3 nitrogen and oxygen atoms in total. The number of halogens is 3. The van der Waals surface area contributed by atoms with Gasteiger partial charge in [0.25, 0.3) is 0 Å². The average molecular weight is 260 g/mol. The molecule has 0 aliphatic carbocycles. The lowest BCUT2D eigenvalue weighted by Crippen LogP contribution is -2.30. The summed E-state index contributed by atoms with van der Waals surface area (Å²) in [4.78, 5) is 12.4. The van der Waals surface area contributed by atoms with Crippen molar-refractivity contribution in [3.8, 4) is 0 Å². The number of carbonyl (C=O) groups excluding carboxylic acids is 1. The van der Waals surface area contributed by atoms with Crippen molar-refractivity contribution < 1.29 is 18.0 Å². The number of hydrogen-bond acceptors (Lipinski definition) is 2. The molecule has 0 radical (unpaired) electrons. The molecule has 0 spiro atoms. The summed E-state index contributed by atoms with van der Waals surface area (Å²) < 4.78 is 36.2. The molecule has 0 atom stereocenters. The van der Waals surface area contributed by atoms with E-state index in [0.717, 1.165) is 16.0 Å². The second-order valence-corrected chi connectivity index (χ2v) is 4.07. The van der Waals surface area contributed by atoms with Crippen molar-refractivity contribution in [2.45, 2.75) is 25.7 Å². The van der Waals surface area contributed by atoms with Crippen molar-refractivity contribution in [3.63, 3.8) is 0 Å². The predicted molar refractivity (Wildman–Crippen MR) is 61.5 cm³/mol. The highest BCUT2D eigenvalue weighted by molar-refractivity contribution is 5.76. The van der Waals surface area contributed by atoms with Crippen molar-refractivity contribution in [3.05, 3.63) is 35.4 Å². The van der Waals surface area contributed by atoms with Crippen LogP contribution in [0.1, 0.15) is 17.5 Å². The summed E-state index contributed by atoms with van der Waals surface area (Å²) in [6, 6.07) is 7.11. The molecule has 0 aliphatic heterocycles. The Bertz CT molecular complexity index is 418. The Morgan fingerprint density at radius 1 is 1.33 bits per heavy atom. The van der Waals surface area contributed by atoms with Gasteiger partial charge in [0.05, 0.1) is 0 Å². The zero-order chi connectivity index (χ0) is 13.8. The van der Waals surface area contributed by atoms with Crippen molar-refractivity contribution >= 4 is 5.91 Å². The maximum absolute atomic E-state index is 12.1. The normalized spacial score (nSPS) is 11.4. The molecule has 100 valence electrons. The molecule has 0 heterocycles. The first-order valence-electron chi connectivity index (χ1n) is 5.40. The van der Waals surface area contributed by atoms with Crippen LogP contribution in [0.3, 0.4) is 0 Å². The first-order chi connectivity index (χ1) is 8.31. The van der Waals surface area contributed by atoms with Crippen LogP contribution in [0.15, 0.2) is 24.3 Å². The fraction of sp³-hybridized carbons (Fsp3) is 0.417. The largest absolute Gasteiger partial charge is 0.397 e. The summed E-state index contributed by atoms with van der Waals surface area (Å²) in [6.07, 6.45) is -5.90. The van der Waals surface area contributed by atoms with E-state index in [1.54, 1.807) is 18.2 Å². The first-order valence-corrected chi connectivity index (χ1v) is 5.40. The van der Waals surface area contributed by atoms with Gasteiger partial charge in [-0.05, 0) is 11.1 Å². The highest BCUT2D eigenvalue weighted by Crippen LogP contribution is 2.20. The minimum Gasteiger partial charge on any atom is -0.341 e. The van der Waals surface area contributed by atoms with Gasteiger partial charge >= 0.3 is 6.18 Å². The second-order valence-electron chi connectivity index (χ2n) is 4.07. The third kappa shape index (κ3) is 4.75. The Morgan fingerprint density at radius 3 is 2.50 bits per heavy atom. The molecule has 0 unspecified atom stereocenters. The lowest BCUT2D eigenvalue weighted by molar-refractivity contribution is -0.160. The van der Waals surface area contributed by atoms with E-state index in [1.165, 1.54) is 7.05 Å². The molecule has 1 rings (SSSR count). The molecule has 1 aromatic rings. The van der Waals surface area contributed by atoms with Crippen molar-refractivity contribution in [1.82, 2.24) is 4.90 Å². The maximum Gasteiger partial charge on any atom is 0.397 e. The van der Waals surface area contributed by atoms with Crippen LogP contribution in [-0.2, 0) is 17.9 Å². The Morgan fingerprint density at radius 2 is 1.94 bits per heavy atom. The summed E-state index contributed by atoms with van der Waals surface area (Å²) in [6.45, 7) is 0.497. The van der Waals surface area contributed by atoms with Gasteiger partial charge in [0.2, 0.25) is 5.91 Å². The second kappa shape index (κ2) is 5.86. The van der Waals surface area contributed by atoms with Crippen LogP contribution in [0.25, 0.3) is 0 Å². The summed E-state index contributed by atoms with van der Waals surface area (Å²) in [5.41, 5.74) is 7.10. The van der Waals surface area contributed by atoms with E-state index in [4.69, 9.17) is 5.73 Å². The topological polar surface area (TPSA) is 46.3 Å². The van der Waals surface area contributed by atoms with Crippen molar-refractivity contribution in [2.75, 3.05) is 7.05 Å². The Kier molecular flexibility index (Phi) is 4.72. The first kappa shape index (κ1) is 14.5. The summed E-state index contributed by atoms with van der Waals surface area (Å²) in [5, 5.41) is 0.